The smallest absolute Gasteiger partial charge is 0.318 e. The first-order valence-electron chi connectivity index (χ1n) is 5.87. The molecule has 0 aliphatic rings. The van der Waals surface area contributed by atoms with Gasteiger partial charge in [0.25, 0.3) is 0 Å². The molecule has 0 aliphatic heterocycles. The van der Waals surface area contributed by atoms with Crippen LogP contribution in [0.3, 0.4) is 0 Å². The number of halogens is 1. The zero-order valence-corrected chi connectivity index (χ0v) is 10.4. The number of carbonyl (C=O) groups is 1. The molecule has 1 aromatic carbocycles. The summed E-state index contributed by atoms with van der Waals surface area (Å²) in [6.45, 7) is 0.923. The standard InChI is InChI=1S/C13H17FN2O3/c14-12-3-1-11(2-4-12)5-6-15-13(18)16-7-9-19-10-8-17/h1-6,17H,7-10H2,(H2,15,16,18)/b6-5+. The Bertz CT molecular complexity index is 407. The van der Waals surface area contributed by atoms with Gasteiger partial charge in [-0.1, -0.05) is 12.1 Å². The lowest BCUT2D eigenvalue weighted by atomic mass is 10.2. The SMILES string of the molecule is O=C(N/C=C/c1ccc(F)cc1)NCCOCCO. The van der Waals surface area contributed by atoms with Gasteiger partial charge >= 0.3 is 6.03 Å². The summed E-state index contributed by atoms with van der Waals surface area (Å²) in [6, 6.07) is 5.55. The molecule has 0 heterocycles. The molecule has 0 saturated carbocycles. The van der Waals surface area contributed by atoms with Crippen LogP contribution in [0, 0.1) is 5.82 Å². The van der Waals surface area contributed by atoms with Crippen molar-refractivity contribution in [3.05, 3.63) is 41.8 Å². The highest BCUT2D eigenvalue weighted by Crippen LogP contribution is 2.03. The fourth-order valence-corrected chi connectivity index (χ4v) is 1.24. The van der Waals surface area contributed by atoms with Crippen LogP contribution >= 0.6 is 0 Å². The second-order valence-corrected chi connectivity index (χ2v) is 3.62. The first-order chi connectivity index (χ1) is 9.22. The molecule has 0 saturated heterocycles. The fraction of sp³-hybridized carbons (Fsp3) is 0.308. The van der Waals surface area contributed by atoms with Gasteiger partial charge in [-0.25, -0.2) is 9.18 Å². The van der Waals surface area contributed by atoms with Crippen LogP contribution < -0.4 is 10.6 Å². The van der Waals surface area contributed by atoms with Crippen LogP contribution in [0.1, 0.15) is 5.56 Å². The zero-order chi connectivity index (χ0) is 13.9. The molecule has 6 heteroatoms. The lowest BCUT2D eigenvalue weighted by Crippen LogP contribution is -2.34. The van der Waals surface area contributed by atoms with E-state index in [-0.39, 0.29) is 25.1 Å². The minimum absolute atomic E-state index is 0.0351. The second kappa shape index (κ2) is 9.07. The molecule has 0 bridgehead atoms. The predicted octanol–water partition coefficient (Wildman–Crippen LogP) is 1.10. The number of benzene rings is 1. The molecule has 0 fully saturated rings. The third kappa shape index (κ3) is 7.17. The van der Waals surface area contributed by atoms with Gasteiger partial charge < -0.3 is 20.5 Å². The van der Waals surface area contributed by atoms with E-state index >= 15 is 0 Å². The van der Waals surface area contributed by atoms with Crippen LogP contribution in [0.2, 0.25) is 0 Å². The average Bonchev–Trinajstić information content (AvgIpc) is 2.41. The quantitative estimate of drug-likeness (QED) is 0.649. The molecule has 3 N–H and O–H groups in total. The molecule has 0 aromatic heterocycles. The van der Waals surface area contributed by atoms with Crippen molar-refractivity contribution < 1.29 is 19.0 Å². The number of rotatable bonds is 7. The Kier molecular flexibility index (Phi) is 7.23. The number of hydrogen-bond donors (Lipinski definition) is 3. The zero-order valence-electron chi connectivity index (χ0n) is 10.4. The molecule has 104 valence electrons. The van der Waals surface area contributed by atoms with Crippen LogP contribution in [0.4, 0.5) is 9.18 Å². The number of urea groups is 1. The highest BCUT2D eigenvalue weighted by molar-refractivity contribution is 5.75. The molecule has 0 aliphatic carbocycles. The molecule has 1 aromatic rings. The molecular weight excluding hydrogens is 251 g/mol. The monoisotopic (exact) mass is 268 g/mol. The molecule has 2 amide bonds. The van der Waals surface area contributed by atoms with Crippen LogP contribution in [0.25, 0.3) is 6.08 Å². The Morgan fingerprint density at radius 1 is 1.32 bits per heavy atom. The number of hydrogen-bond acceptors (Lipinski definition) is 3. The van der Waals surface area contributed by atoms with E-state index in [0.717, 1.165) is 5.56 Å². The first-order valence-corrected chi connectivity index (χ1v) is 5.87. The van der Waals surface area contributed by atoms with Crippen molar-refractivity contribution in [1.29, 1.82) is 0 Å². The van der Waals surface area contributed by atoms with Gasteiger partial charge in [0.1, 0.15) is 5.82 Å². The molecule has 0 radical (unpaired) electrons. The maximum absolute atomic E-state index is 12.6. The van der Waals surface area contributed by atoms with Crippen molar-refractivity contribution in [2.75, 3.05) is 26.4 Å². The van der Waals surface area contributed by atoms with Gasteiger partial charge in [0.15, 0.2) is 0 Å². The number of carbonyl (C=O) groups excluding carboxylic acids is 1. The second-order valence-electron chi connectivity index (χ2n) is 3.62. The van der Waals surface area contributed by atoms with Crippen molar-refractivity contribution in [2.45, 2.75) is 0 Å². The minimum atomic E-state index is -0.356. The van der Waals surface area contributed by atoms with Gasteiger partial charge in [-0.2, -0.15) is 0 Å². The van der Waals surface area contributed by atoms with E-state index in [2.05, 4.69) is 10.6 Å². The summed E-state index contributed by atoms with van der Waals surface area (Å²) in [5.74, 6) is -0.300. The fourth-order valence-electron chi connectivity index (χ4n) is 1.24. The highest BCUT2D eigenvalue weighted by atomic mass is 19.1. The highest BCUT2D eigenvalue weighted by Gasteiger charge is 1.95. The van der Waals surface area contributed by atoms with E-state index in [1.54, 1.807) is 18.2 Å². The Balaban J connectivity index is 2.17. The molecule has 0 spiro atoms. The van der Waals surface area contributed by atoms with E-state index in [0.29, 0.717) is 13.2 Å². The molecule has 5 nitrogen and oxygen atoms in total. The number of nitrogens with one attached hydrogen (secondary N) is 2. The van der Waals surface area contributed by atoms with Gasteiger partial charge in [-0.15, -0.1) is 0 Å². The summed E-state index contributed by atoms with van der Waals surface area (Å²) in [5, 5.41) is 13.5. The third-order valence-corrected chi connectivity index (χ3v) is 2.13. The minimum Gasteiger partial charge on any atom is -0.394 e. The van der Waals surface area contributed by atoms with Crippen molar-refractivity contribution in [1.82, 2.24) is 10.6 Å². The van der Waals surface area contributed by atoms with Crippen LogP contribution in [-0.2, 0) is 4.74 Å². The molecule has 0 atom stereocenters. The number of ether oxygens (including phenoxy) is 1. The topological polar surface area (TPSA) is 70.6 Å². The van der Waals surface area contributed by atoms with Crippen LogP contribution in [-0.4, -0.2) is 37.5 Å². The normalized spacial score (nSPS) is 10.6. The van der Waals surface area contributed by atoms with Crippen molar-refractivity contribution in [2.24, 2.45) is 0 Å². The molecular formula is C13H17FN2O3. The summed E-state index contributed by atoms with van der Waals surface area (Å²) in [7, 11) is 0. The largest absolute Gasteiger partial charge is 0.394 e. The predicted molar refractivity (Wildman–Crippen MR) is 69.9 cm³/mol. The Morgan fingerprint density at radius 3 is 2.74 bits per heavy atom. The number of aliphatic hydroxyl groups excluding tert-OH is 1. The van der Waals surface area contributed by atoms with Gasteiger partial charge in [0.2, 0.25) is 0 Å². The van der Waals surface area contributed by atoms with Gasteiger partial charge in [-0.05, 0) is 23.8 Å². The maximum atomic E-state index is 12.6. The number of amides is 2. The first kappa shape index (κ1) is 15.1. The van der Waals surface area contributed by atoms with Crippen molar-refractivity contribution in [3.8, 4) is 0 Å². The third-order valence-electron chi connectivity index (χ3n) is 2.13. The summed E-state index contributed by atoms with van der Waals surface area (Å²) in [6.07, 6.45) is 3.12. The lowest BCUT2D eigenvalue weighted by molar-refractivity contribution is 0.0948. The lowest BCUT2D eigenvalue weighted by Gasteiger charge is -2.04. The van der Waals surface area contributed by atoms with Crippen molar-refractivity contribution >= 4 is 12.1 Å². The van der Waals surface area contributed by atoms with Crippen LogP contribution in [0.15, 0.2) is 30.5 Å². The average molecular weight is 268 g/mol. The van der Waals surface area contributed by atoms with Crippen molar-refractivity contribution in [3.63, 3.8) is 0 Å². The van der Waals surface area contributed by atoms with E-state index in [4.69, 9.17) is 9.84 Å². The molecule has 0 unspecified atom stereocenters. The van der Waals surface area contributed by atoms with E-state index < -0.39 is 0 Å². The van der Waals surface area contributed by atoms with Crippen LogP contribution in [0.5, 0.6) is 0 Å². The molecule has 19 heavy (non-hydrogen) atoms. The molecule has 1 rings (SSSR count). The maximum Gasteiger partial charge on any atom is 0.318 e. The van der Waals surface area contributed by atoms with E-state index in [1.807, 2.05) is 0 Å². The van der Waals surface area contributed by atoms with Gasteiger partial charge in [0, 0.05) is 12.7 Å². The summed E-state index contributed by atoms with van der Waals surface area (Å²) < 4.78 is 17.6. The summed E-state index contributed by atoms with van der Waals surface area (Å²) >= 11 is 0. The Morgan fingerprint density at radius 2 is 2.05 bits per heavy atom. The van der Waals surface area contributed by atoms with Gasteiger partial charge in [-0.3, -0.25) is 0 Å². The van der Waals surface area contributed by atoms with Gasteiger partial charge in [0.05, 0.1) is 19.8 Å². The van der Waals surface area contributed by atoms with E-state index in [1.165, 1.54) is 18.3 Å². The van der Waals surface area contributed by atoms with E-state index in [9.17, 15) is 9.18 Å². The Labute approximate surface area is 111 Å². The number of aliphatic hydroxyl groups is 1. The summed E-state index contributed by atoms with van der Waals surface area (Å²) in [4.78, 5) is 11.3. The Hall–Kier alpha value is -1.92. The summed E-state index contributed by atoms with van der Waals surface area (Å²) in [5.41, 5.74) is 0.785.